The van der Waals surface area contributed by atoms with Crippen molar-refractivity contribution in [3.8, 4) is 11.1 Å². The van der Waals surface area contributed by atoms with Crippen molar-refractivity contribution in [1.29, 1.82) is 0 Å². The SMILES string of the molecule is OC(OC1c2ccccc2-c2ccccc21)OC1C[N+]2(Cc3ccccc3)CCC1CC2. The minimum absolute atomic E-state index is 0.0307. The molecular weight excluding hydrogens is 398 g/mol. The van der Waals surface area contributed by atoms with Crippen LogP contribution in [0.15, 0.2) is 78.9 Å². The van der Waals surface area contributed by atoms with Crippen LogP contribution in [0.5, 0.6) is 0 Å². The Morgan fingerprint density at radius 3 is 2.03 bits per heavy atom. The molecule has 3 aromatic rings. The largest absolute Gasteiger partial charge is 0.346 e. The topological polar surface area (TPSA) is 38.7 Å². The first-order valence-electron chi connectivity index (χ1n) is 11.8. The van der Waals surface area contributed by atoms with E-state index in [9.17, 15) is 5.11 Å². The average Bonchev–Trinajstić information content (AvgIpc) is 3.14. The van der Waals surface area contributed by atoms with Gasteiger partial charge in [-0.25, -0.2) is 0 Å². The van der Waals surface area contributed by atoms with Crippen molar-refractivity contribution in [1.82, 2.24) is 0 Å². The van der Waals surface area contributed by atoms with E-state index in [-0.39, 0.29) is 12.2 Å². The van der Waals surface area contributed by atoms with Crippen LogP contribution < -0.4 is 0 Å². The number of aliphatic hydroxyl groups excluding tert-OH is 1. The predicted molar refractivity (Wildman–Crippen MR) is 123 cm³/mol. The fraction of sp³-hybridized carbons (Fsp3) is 0.357. The Kier molecular flexibility index (Phi) is 5.11. The Hall–Kier alpha value is -2.50. The summed E-state index contributed by atoms with van der Waals surface area (Å²) in [5, 5.41) is 10.9. The summed E-state index contributed by atoms with van der Waals surface area (Å²) < 4.78 is 13.4. The lowest BCUT2D eigenvalue weighted by atomic mass is 9.83. The van der Waals surface area contributed by atoms with Crippen LogP contribution >= 0.6 is 0 Å². The molecule has 3 heterocycles. The summed E-state index contributed by atoms with van der Waals surface area (Å²) in [6, 6.07) is 27.3. The molecule has 3 saturated heterocycles. The molecule has 0 spiro atoms. The van der Waals surface area contributed by atoms with E-state index < -0.39 is 6.48 Å². The number of hydrogen-bond donors (Lipinski definition) is 1. The third kappa shape index (κ3) is 3.57. The van der Waals surface area contributed by atoms with Gasteiger partial charge in [0.2, 0.25) is 0 Å². The number of benzene rings is 3. The Morgan fingerprint density at radius 2 is 1.38 bits per heavy atom. The molecule has 2 bridgehead atoms. The molecule has 4 heteroatoms. The van der Waals surface area contributed by atoms with Gasteiger partial charge in [0.15, 0.2) is 0 Å². The fourth-order valence-electron chi connectivity index (χ4n) is 6.12. The van der Waals surface area contributed by atoms with Gasteiger partial charge in [0.1, 0.15) is 25.3 Å². The summed E-state index contributed by atoms with van der Waals surface area (Å²) in [6.45, 7) is 3.13. The molecule has 1 N–H and O–H groups in total. The van der Waals surface area contributed by atoms with Crippen molar-refractivity contribution in [3.63, 3.8) is 0 Å². The van der Waals surface area contributed by atoms with Gasteiger partial charge in [0.05, 0.1) is 13.1 Å². The Labute approximate surface area is 189 Å². The second-order valence-electron chi connectivity index (χ2n) is 9.62. The minimum atomic E-state index is -1.23. The van der Waals surface area contributed by atoms with Crippen LogP contribution in [0.2, 0.25) is 0 Å². The van der Waals surface area contributed by atoms with E-state index in [2.05, 4.69) is 54.6 Å². The zero-order valence-electron chi connectivity index (χ0n) is 18.3. The number of rotatable bonds is 6. The van der Waals surface area contributed by atoms with Crippen LogP contribution in [0.3, 0.4) is 0 Å². The third-order valence-corrected chi connectivity index (χ3v) is 7.72. The zero-order valence-corrected chi connectivity index (χ0v) is 18.3. The molecule has 2 atom stereocenters. The number of ether oxygens (including phenoxy) is 2. The minimum Gasteiger partial charge on any atom is -0.346 e. The van der Waals surface area contributed by atoms with Crippen LogP contribution in [0.4, 0.5) is 0 Å². The molecule has 0 amide bonds. The third-order valence-electron chi connectivity index (χ3n) is 7.72. The standard InChI is InChI=1S/C28H30NO3/c30-28(32-27-24-12-6-4-10-22(24)23-11-5-7-13-25(23)27)31-26-19-29(16-14-21(26)15-17-29)18-20-8-2-1-3-9-20/h1-13,21,26-28,30H,14-19H2/q+1. The highest BCUT2D eigenvalue weighted by Crippen LogP contribution is 2.46. The zero-order chi connectivity index (χ0) is 21.5. The molecular formula is C28H30NO3+. The summed E-state index contributed by atoms with van der Waals surface area (Å²) in [5.41, 5.74) is 5.92. The van der Waals surface area contributed by atoms with E-state index in [0.29, 0.717) is 5.92 Å². The first kappa shape index (κ1) is 20.1. The lowest BCUT2D eigenvalue weighted by Crippen LogP contribution is -2.64. The van der Waals surface area contributed by atoms with Crippen molar-refractivity contribution in [2.45, 2.75) is 38.1 Å². The van der Waals surface area contributed by atoms with E-state index in [1.54, 1.807) is 0 Å². The molecule has 0 aromatic heterocycles. The number of quaternary nitrogens is 1. The van der Waals surface area contributed by atoms with Gasteiger partial charge in [-0.05, 0) is 22.3 Å². The fourth-order valence-corrected chi connectivity index (χ4v) is 6.12. The van der Waals surface area contributed by atoms with Crippen molar-refractivity contribution >= 4 is 0 Å². The molecule has 4 nitrogen and oxygen atoms in total. The predicted octanol–water partition coefficient (Wildman–Crippen LogP) is 4.87. The molecule has 32 heavy (non-hydrogen) atoms. The van der Waals surface area contributed by atoms with Crippen LogP contribution in [0.25, 0.3) is 11.1 Å². The van der Waals surface area contributed by atoms with Gasteiger partial charge in [0, 0.05) is 24.3 Å². The van der Waals surface area contributed by atoms with Gasteiger partial charge in [0.25, 0.3) is 6.48 Å². The molecule has 4 aliphatic rings. The van der Waals surface area contributed by atoms with E-state index in [4.69, 9.17) is 9.47 Å². The molecule has 2 unspecified atom stereocenters. The second-order valence-corrected chi connectivity index (χ2v) is 9.62. The van der Waals surface area contributed by atoms with Gasteiger partial charge >= 0.3 is 0 Å². The average molecular weight is 429 g/mol. The van der Waals surface area contributed by atoms with Crippen LogP contribution in [0, 0.1) is 5.92 Å². The summed E-state index contributed by atoms with van der Waals surface area (Å²) in [7, 11) is 0. The molecule has 3 aromatic carbocycles. The second kappa shape index (κ2) is 8.13. The number of nitrogens with zero attached hydrogens (tertiary/aromatic N) is 1. The first-order valence-corrected chi connectivity index (χ1v) is 11.8. The van der Waals surface area contributed by atoms with Crippen molar-refractivity contribution in [3.05, 3.63) is 95.6 Å². The lowest BCUT2D eigenvalue weighted by Gasteiger charge is -2.52. The molecule has 164 valence electrons. The molecule has 3 fully saturated rings. The highest BCUT2D eigenvalue weighted by Gasteiger charge is 2.47. The van der Waals surface area contributed by atoms with Gasteiger partial charge < -0.3 is 19.1 Å². The number of fused-ring (bicyclic) bond motifs is 6. The van der Waals surface area contributed by atoms with E-state index in [1.165, 1.54) is 29.8 Å². The van der Waals surface area contributed by atoms with Gasteiger partial charge in [-0.3, -0.25) is 0 Å². The summed E-state index contributed by atoms with van der Waals surface area (Å²) in [4.78, 5) is 0. The highest BCUT2D eigenvalue weighted by atomic mass is 16.8. The monoisotopic (exact) mass is 428 g/mol. The maximum Gasteiger partial charge on any atom is 0.270 e. The van der Waals surface area contributed by atoms with E-state index in [1.807, 2.05) is 24.3 Å². The van der Waals surface area contributed by atoms with E-state index in [0.717, 1.165) is 41.5 Å². The number of piperidine rings is 3. The molecule has 0 saturated carbocycles. The molecule has 3 aliphatic heterocycles. The summed E-state index contributed by atoms with van der Waals surface area (Å²) in [5.74, 6) is 0.507. The normalized spacial score (nSPS) is 27.2. The van der Waals surface area contributed by atoms with Gasteiger partial charge in [-0.1, -0.05) is 78.9 Å². The van der Waals surface area contributed by atoms with Crippen LogP contribution in [0.1, 0.15) is 35.6 Å². The Bertz CT molecular complexity index is 1050. The molecule has 1 aliphatic carbocycles. The van der Waals surface area contributed by atoms with Gasteiger partial charge in [-0.2, -0.15) is 0 Å². The quantitative estimate of drug-likeness (QED) is 0.450. The van der Waals surface area contributed by atoms with Crippen LogP contribution in [-0.4, -0.2) is 41.8 Å². The summed E-state index contributed by atoms with van der Waals surface area (Å²) in [6.07, 6.45) is 2.03. The van der Waals surface area contributed by atoms with Crippen molar-refractivity contribution in [2.24, 2.45) is 5.92 Å². The van der Waals surface area contributed by atoms with Crippen LogP contribution in [-0.2, 0) is 16.0 Å². The highest BCUT2D eigenvalue weighted by molar-refractivity contribution is 5.78. The first-order chi connectivity index (χ1) is 15.7. The lowest BCUT2D eigenvalue weighted by molar-refractivity contribution is -0.959. The molecule has 0 radical (unpaired) electrons. The van der Waals surface area contributed by atoms with Crippen molar-refractivity contribution in [2.75, 3.05) is 19.6 Å². The van der Waals surface area contributed by atoms with E-state index >= 15 is 0 Å². The maximum absolute atomic E-state index is 10.9. The Morgan fingerprint density at radius 1 is 0.781 bits per heavy atom. The maximum atomic E-state index is 10.9. The van der Waals surface area contributed by atoms with Crippen molar-refractivity contribution < 1.29 is 19.1 Å². The number of aliphatic hydroxyl groups is 1. The smallest absolute Gasteiger partial charge is 0.270 e. The van der Waals surface area contributed by atoms with Gasteiger partial charge in [-0.15, -0.1) is 0 Å². The number of hydrogen-bond acceptors (Lipinski definition) is 3. The Balaban J connectivity index is 1.17. The molecule has 7 rings (SSSR count). The summed E-state index contributed by atoms with van der Waals surface area (Å²) >= 11 is 0.